The molecule has 1 heterocycles. The average Bonchev–Trinajstić information content (AvgIpc) is 2.41. The molecule has 2 N–H and O–H groups in total. The Morgan fingerprint density at radius 1 is 1.10 bits per heavy atom. The highest BCUT2D eigenvalue weighted by atomic mass is 35.5. The minimum Gasteiger partial charge on any atom is -0.478 e. The van der Waals surface area contributed by atoms with Gasteiger partial charge in [-0.15, -0.1) is 0 Å². The number of carboxylic acids is 1. The summed E-state index contributed by atoms with van der Waals surface area (Å²) in [6, 6.07) is 5.74. The first kappa shape index (κ1) is 14.3. The molecule has 20 heavy (non-hydrogen) atoms. The van der Waals surface area contributed by atoms with Crippen LogP contribution in [0.3, 0.4) is 0 Å². The van der Waals surface area contributed by atoms with E-state index in [0.717, 1.165) is 0 Å². The molecule has 0 saturated heterocycles. The zero-order valence-corrected chi connectivity index (χ0v) is 11.4. The number of carboxylic acid groups (broad SMARTS) is 1. The van der Waals surface area contributed by atoms with Gasteiger partial charge in [0.2, 0.25) is 0 Å². The standard InChI is InChI=1S/C13H8Cl2N2O3/c14-9-3-1-2-8(13(19)20)11(9)17-12(18)7-4-5-16-6-10(7)15/h1-6H,(H,17,18)(H,19,20). The lowest BCUT2D eigenvalue weighted by Crippen LogP contribution is -2.15. The Kier molecular flexibility index (Phi) is 4.22. The first-order chi connectivity index (χ1) is 9.50. The third-order valence-electron chi connectivity index (χ3n) is 2.50. The highest BCUT2D eigenvalue weighted by Gasteiger charge is 2.17. The summed E-state index contributed by atoms with van der Waals surface area (Å²) in [5.74, 6) is -1.75. The van der Waals surface area contributed by atoms with Gasteiger partial charge >= 0.3 is 5.97 Å². The predicted molar refractivity (Wildman–Crippen MR) is 75.6 cm³/mol. The quantitative estimate of drug-likeness (QED) is 0.911. The van der Waals surface area contributed by atoms with Crippen LogP contribution in [0.1, 0.15) is 20.7 Å². The van der Waals surface area contributed by atoms with Gasteiger partial charge < -0.3 is 10.4 Å². The second-order valence-electron chi connectivity index (χ2n) is 3.78. The number of rotatable bonds is 3. The molecule has 1 amide bonds. The summed E-state index contributed by atoms with van der Waals surface area (Å²) in [5.41, 5.74) is 0.105. The Balaban J connectivity index is 2.38. The Morgan fingerprint density at radius 2 is 1.85 bits per heavy atom. The van der Waals surface area contributed by atoms with Crippen molar-refractivity contribution in [2.45, 2.75) is 0 Å². The number of hydrogen-bond acceptors (Lipinski definition) is 3. The van der Waals surface area contributed by atoms with Crippen molar-refractivity contribution in [1.29, 1.82) is 0 Å². The summed E-state index contributed by atoms with van der Waals surface area (Å²) >= 11 is 11.8. The van der Waals surface area contributed by atoms with Crippen LogP contribution in [0.4, 0.5) is 5.69 Å². The number of aromatic nitrogens is 1. The molecule has 2 aromatic rings. The molecule has 0 fully saturated rings. The third-order valence-corrected chi connectivity index (χ3v) is 3.12. The number of nitrogens with one attached hydrogen (secondary N) is 1. The first-order valence-electron chi connectivity index (χ1n) is 5.43. The average molecular weight is 311 g/mol. The van der Waals surface area contributed by atoms with Crippen molar-refractivity contribution in [3.63, 3.8) is 0 Å². The van der Waals surface area contributed by atoms with Gasteiger partial charge in [0, 0.05) is 12.4 Å². The number of nitrogens with zero attached hydrogens (tertiary/aromatic N) is 1. The van der Waals surface area contributed by atoms with Crippen LogP contribution in [0.25, 0.3) is 0 Å². The SMILES string of the molecule is O=C(Nc1c(Cl)cccc1C(=O)O)c1ccncc1Cl. The van der Waals surface area contributed by atoms with Crippen LogP contribution in [0.2, 0.25) is 10.0 Å². The van der Waals surface area contributed by atoms with Gasteiger partial charge in [-0.05, 0) is 18.2 Å². The number of carbonyl (C=O) groups excluding carboxylic acids is 1. The van der Waals surface area contributed by atoms with Crippen molar-refractivity contribution >= 4 is 40.8 Å². The minimum atomic E-state index is -1.19. The molecule has 7 heteroatoms. The predicted octanol–water partition coefficient (Wildman–Crippen LogP) is 3.34. The molecule has 0 aliphatic rings. The van der Waals surface area contributed by atoms with E-state index < -0.39 is 11.9 Å². The van der Waals surface area contributed by atoms with E-state index in [-0.39, 0.29) is 26.9 Å². The molecule has 5 nitrogen and oxygen atoms in total. The second kappa shape index (κ2) is 5.90. The summed E-state index contributed by atoms with van der Waals surface area (Å²) < 4.78 is 0. The molecule has 0 radical (unpaired) electrons. The Hall–Kier alpha value is -2.11. The number of para-hydroxylation sites is 1. The smallest absolute Gasteiger partial charge is 0.337 e. The molecule has 0 spiro atoms. The number of pyridine rings is 1. The number of hydrogen-bond donors (Lipinski definition) is 2. The number of carbonyl (C=O) groups is 2. The van der Waals surface area contributed by atoms with E-state index in [1.54, 1.807) is 0 Å². The maximum Gasteiger partial charge on any atom is 0.337 e. The van der Waals surface area contributed by atoms with Crippen molar-refractivity contribution in [3.8, 4) is 0 Å². The van der Waals surface area contributed by atoms with E-state index in [2.05, 4.69) is 10.3 Å². The summed E-state index contributed by atoms with van der Waals surface area (Å²) in [4.78, 5) is 27.0. The fourth-order valence-corrected chi connectivity index (χ4v) is 2.00. The molecule has 0 aliphatic carbocycles. The lowest BCUT2D eigenvalue weighted by atomic mass is 10.1. The Bertz CT molecular complexity index is 689. The van der Waals surface area contributed by atoms with E-state index in [1.807, 2.05) is 0 Å². The van der Waals surface area contributed by atoms with Crippen molar-refractivity contribution < 1.29 is 14.7 Å². The highest BCUT2D eigenvalue weighted by molar-refractivity contribution is 6.36. The number of benzene rings is 1. The highest BCUT2D eigenvalue weighted by Crippen LogP contribution is 2.27. The number of halogens is 2. The molecule has 1 aromatic carbocycles. The van der Waals surface area contributed by atoms with Crippen molar-refractivity contribution in [2.75, 3.05) is 5.32 Å². The van der Waals surface area contributed by atoms with Crippen LogP contribution in [0.15, 0.2) is 36.7 Å². The lowest BCUT2D eigenvalue weighted by molar-refractivity contribution is 0.0698. The summed E-state index contributed by atoms with van der Waals surface area (Å²) in [7, 11) is 0. The van der Waals surface area contributed by atoms with Crippen molar-refractivity contribution in [3.05, 3.63) is 57.8 Å². The maximum absolute atomic E-state index is 12.1. The number of amides is 1. The minimum absolute atomic E-state index is 0.0274. The number of aromatic carboxylic acids is 1. The van der Waals surface area contributed by atoms with Gasteiger partial charge in [-0.1, -0.05) is 29.3 Å². The van der Waals surface area contributed by atoms with Crippen LogP contribution in [0, 0.1) is 0 Å². The van der Waals surface area contributed by atoms with Crippen molar-refractivity contribution in [2.24, 2.45) is 0 Å². The summed E-state index contributed by atoms with van der Waals surface area (Å²) in [6.45, 7) is 0. The lowest BCUT2D eigenvalue weighted by Gasteiger charge is -2.10. The molecule has 0 bridgehead atoms. The fraction of sp³-hybridized carbons (Fsp3) is 0. The Morgan fingerprint density at radius 3 is 2.50 bits per heavy atom. The molecule has 0 saturated carbocycles. The van der Waals surface area contributed by atoms with E-state index >= 15 is 0 Å². The Labute approximate surface area is 124 Å². The van der Waals surface area contributed by atoms with E-state index in [9.17, 15) is 9.59 Å². The molecule has 0 aliphatic heterocycles. The van der Waals surface area contributed by atoms with Gasteiger partial charge in [-0.25, -0.2) is 4.79 Å². The molecular weight excluding hydrogens is 303 g/mol. The van der Waals surface area contributed by atoms with Gasteiger partial charge in [0.1, 0.15) is 0 Å². The maximum atomic E-state index is 12.1. The topological polar surface area (TPSA) is 79.3 Å². The van der Waals surface area contributed by atoms with Crippen LogP contribution in [0.5, 0.6) is 0 Å². The van der Waals surface area contributed by atoms with E-state index in [0.29, 0.717) is 0 Å². The van der Waals surface area contributed by atoms with Crippen LogP contribution in [-0.4, -0.2) is 22.0 Å². The third kappa shape index (κ3) is 2.89. The van der Waals surface area contributed by atoms with Gasteiger partial charge in [-0.2, -0.15) is 0 Å². The largest absolute Gasteiger partial charge is 0.478 e. The van der Waals surface area contributed by atoms with Crippen LogP contribution < -0.4 is 5.32 Å². The first-order valence-corrected chi connectivity index (χ1v) is 6.19. The summed E-state index contributed by atoms with van der Waals surface area (Å²) in [5, 5.41) is 11.8. The van der Waals surface area contributed by atoms with E-state index in [4.69, 9.17) is 28.3 Å². The fourth-order valence-electron chi connectivity index (χ4n) is 1.57. The van der Waals surface area contributed by atoms with E-state index in [1.165, 1.54) is 36.7 Å². The zero-order chi connectivity index (χ0) is 14.7. The molecular formula is C13H8Cl2N2O3. The molecule has 0 atom stereocenters. The second-order valence-corrected chi connectivity index (χ2v) is 4.59. The van der Waals surface area contributed by atoms with Gasteiger partial charge in [-0.3, -0.25) is 9.78 Å². The van der Waals surface area contributed by atoms with Gasteiger partial charge in [0.15, 0.2) is 0 Å². The van der Waals surface area contributed by atoms with Gasteiger partial charge in [0.25, 0.3) is 5.91 Å². The van der Waals surface area contributed by atoms with Crippen LogP contribution >= 0.6 is 23.2 Å². The van der Waals surface area contributed by atoms with Crippen LogP contribution in [-0.2, 0) is 0 Å². The zero-order valence-electron chi connectivity index (χ0n) is 9.93. The monoisotopic (exact) mass is 310 g/mol. The van der Waals surface area contributed by atoms with Crippen molar-refractivity contribution in [1.82, 2.24) is 4.98 Å². The molecule has 102 valence electrons. The van der Waals surface area contributed by atoms with Gasteiger partial charge in [0.05, 0.1) is 26.9 Å². The normalized spacial score (nSPS) is 10.1. The summed E-state index contributed by atoms with van der Waals surface area (Å²) in [6.07, 6.45) is 2.73. The molecule has 2 rings (SSSR count). The number of anilines is 1. The molecule has 1 aromatic heterocycles. The molecule has 0 unspecified atom stereocenters.